The summed E-state index contributed by atoms with van der Waals surface area (Å²) in [6.45, 7) is 7.90. The quantitative estimate of drug-likeness (QED) is 0.658. The van der Waals surface area contributed by atoms with E-state index in [1.54, 1.807) is 0 Å². The predicted molar refractivity (Wildman–Crippen MR) is 77.8 cm³/mol. The highest BCUT2D eigenvalue weighted by molar-refractivity contribution is 6.30. The Balaban J connectivity index is 1.96. The molecule has 0 atom stereocenters. The Bertz CT molecular complexity index is 423. The van der Waals surface area contributed by atoms with E-state index >= 15 is 0 Å². The molecule has 1 heterocycles. The molecule has 0 aromatic heterocycles. The van der Waals surface area contributed by atoms with Crippen molar-refractivity contribution in [3.8, 4) is 0 Å². The van der Waals surface area contributed by atoms with E-state index < -0.39 is 0 Å². The second-order valence-corrected chi connectivity index (χ2v) is 5.43. The van der Waals surface area contributed by atoms with Crippen molar-refractivity contribution >= 4 is 23.1 Å². The number of amidine groups is 1. The Hall–Kier alpha value is -1.22. The van der Waals surface area contributed by atoms with Crippen LogP contribution >= 0.6 is 11.6 Å². The molecule has 98 valence electrons. The molecule has 0 aliphatic carbocycles. The molecule has 0 amide bonds. The van der Waals surface area contributed by atoms with Gasteiger partial charge >= 0.3 is 0 Å². The van der Waals surface area contributed by atoms with Gasteiger partial charge in [0, 0.05) is 42.8 Å². The maximum Gasteiger partial charge on any atom is 0.0985 e. The van der Waals surface area contributed by atoms with Gasteiger partial charge in [-0.2, -0.15) is 0 Å². The minimum atomic E-state index is 0.308. The van der Waals surface area contributed by atoms with Gasteiger partial charge in [0.05, 0.1) is 5.84 Å². The molecule has 1 aromatic rings. The summed E-state index contributed by atoms with van der Waals surface area (Å²) < 4.78 is 0. The molecular weight excluding hydrogens is 246 g/mol. The van der Waals surface area contributed by atoms with Gasteiger partial charge in [0.15, 0.2) is 0 Å². The van der Waals surface area contributed by atoms with Crippen molar-refractivity contribution in [3.05, 3.63) is 29.3 Å². The number of piperazine rings is 1. The standard InChI is InChI=1S/C14H20ClN3/c1-11(2)14(16)18-8-6-17(7-9-18)13-5-3-4-12(15)10-13/h3-5,10-11,16H,6-9H2,1-2H3. The van der Waals surface area contributed by atoms with E-state index in [9.17, 15) is 0 Å². The fourth-order valence-electron chi connectivity index (χ4n) is 2.24. The molecule has 1 saturated heterocycles. The first-order valence-electron chi connectivity index (χ1n) is 6.42. The number of rotatable bonds is 2. The lowest BCUT2D eigenvalue weighted by atomic mass is 10.1. The van der Waals surface area contributed by atoms with Gasteiger partial charge in [-0.05, 0) is 18.2 Å². The van der Waals surface area contributed by atoms with Gasteiger partial charge in [-0.25, -0.2) is 0 Å². The van der Waals surface area contributed by atoms with E-state index in [2.05, 4.69) is 29.7 Å². The Morgan fingerprint density at radius 1 is 1.22 bits per heavy atom. The Labute approximate surface area is 114 Å². The van der Waals surface area contributed by atoms with E-state index in [1.807, 2.05) is 18.2 Å². The lowest BCUT2D eigenvalue weighted by molar-refractivity contribution is 0.368. The third kappa shape index (κ3) is 2.96. The van der Waals surface area contributed by atoms with Crippen LogP contribution in [0.5, 0.6) is 0 Å². The summed E-state index contributed by atoms with van der Waals surface area (Å²) in [6, 6.07) is 7.98. The van der Waals surface area contributed by atoms with Crippen LogP contribution in [0.1, 0.15) is 13.8 Å². The first-order valence-corrected chi connectivity index (χ1v) is 6.79. The van der Waals surface area contributed by atoms with Crippen molar-refractivity contribution in [2.45, 2.75) is 13.8 Å². The van der Waals surface area contributed by atoms with Crippen LogP contribution in [0, 0.1) is 11.3 Å². The fraction of sp³-hybridized carbons (Fsp3) is 0.500. The molecule has 3 nitrogen and oxygen atoms in total. The van der Waals surface area contributed by atoms with Crippen LogP contribution in [0.25, 0.3) is 0 Å². The van der Waals surface area contributed by atoms with Gasteiger partial charge in [0.1, 0.15) is 0 Å². The zero-order valence-corrected chi connectivity index (χ0v) is 11.7. The first-order chi connectivity index (χ1) is 8.58. The highest BCUT2D eigenvalue weighted by Crippen LogP contribution is 2.21. The van der Waals surface area contributed by atoms with Crippen LogP contribution in [0.4, 0.5) is 5.69 Å². The van der Waals surface area contributed by atoms with E-state index in [1.165, 1.54) is 5.69 Å². The summed E-state index contributed by atoms with van der Waals surface area (Å²) >= 11 is 6.01. The van der Waals surface area contributed by atoms with Gasteiger partial charge in [0.25, 0.3) is 0 Å². The molecule has 1 aliphatic rings. The summed E-state index contributed by atoms with van der Waals surface area (Å²) in [6.07, 6.45) is 0. The molecular formula is C14H20ClN3. The van der Waals surface area contributed by atoms with Gasteiger partial charge in [-0.3, -0.25) is 5.41 Å². The molecule has 0 bridgehead atoms. The summed E-state index contributed by atoms with van der Waals surface area (Å²) in [4.78, 5) is 4.50. The van der Waals surface area contributed by atoms with Crippen LogP contribution in [-0.4, -0.2) is 36.9 Å². The van der Waals surface area contributed by atoms with E-state index in [4.69, 9.17) is 17.0 Å². The summed E-state index contributed by atoms with van der Waals surface area (Å²) in [5.41, 5.74) is 1.18. The number of hydrogen-bond donors (Lipinski definition) is 1. The molecule has 0 radical (unpaired) electrons. The lowest BCUT2D eigenvalue weighted by Crippen LogP contribution is -2.49. The zero-order chi connectivity index (χ0) is 13.1. The Morgan fingerprint density at radius 2 is 1.89 bits per heavy atom. The third-order valence-corrected chi connectivity index (χ3v) is 3.58. The average molecular weight is 266 g/mol. The van der Waals surface area contributed by atoms with Crippen LogP contribution in [0.2, 0.25) is 5.02 Å². The average Bonchev–Trinajstić information content (AvgIpc) is 2.38. The molecule has 1 aromatic carbocycles. The molecule has 0 unspecified atom stereocenters. The fourth-order valence-corrected chi connectivity index (χ4v) is 2.43. The van der Waals surface area contributed by atoms with Gasteiger partial charge in [-0.1, -0.05) is 31.5 Å². The summed E-state index contributed by atoms with van der Waals surface area (Å²) in [7, 11) is 0. The molecule has 4 heteroatoms. The van der Waals surface area contributed by atoms with Gasteiger partial charge in [-0.15, -0.1) is 0 Å². The molecule has 0 spiro atoms. The summed E-state index contributed by atoms with van der Waals surface area (Å²) in [5, 5.41) is 8.81. The second-order valence-electron chi connectivity index (χ2n) is 4.99. The molecule has 18 heavy (non-hydrogen) atoms. The number of anilines is 1. The zero-order valence-electron chi connectivity index (χ0n) is 11.0. The Morgan fingerprint density at radius 3 is 2.44 bits per heavy atom. The number of nitrogens with one attached hydrogen (secondary N) is 1. The van der Waals surface area contributed by atoms with Crippen LogP contribution < -0.4 is 4.90 Å². The molecule has 0 saturated carbocycles. The maximum absolute atomic E-state index is 8.03. The van der Waals surface area contributed by atoms with Crippen molar-refractivity contribution in [2.24, 2.45) is 5.92 Å². The SMILES string of the molecule is CC(C)C(=N)N1CCN(c2cccc(Cl)c2)CC1. The first kappa shape index (κ1) is 13.2. The topological polar surface area (TPSA) is 30.3 Å². The van der Waals surface area contributed by atoms with Crippen LogP contribution in [0.3, 0.4) is 0 Å². The van der Waals surface area contributed by atoms with Gasteiger partial charge in [0.2, 0.25) is 0 Å². The lowest BCUT2D eigenvalue weighted by Gasteiger charge is -2.38. The van der Waals surface area contributed by atoms with Crippen molar-refractivity contribution in [2.75, 3.05) is 31.1 Å². The normalized spacial score (nSPS) is 16.2. The highest BCUT2D eigenvalue weighted by atomic mass is 35.5. The summed E-state index contributed by atoms with van der Waals surface area (Å²) in [5.74, 6) is 1.06. The smallest absolute Gasteiger partial charge is 0.0985 e. The number of nitrogens with zero attached hydrogens (tertiary/aromatic N) is 2. The molecule has 1 fully saturated rings. The van der Waals surface area contributed by atoms with Crippen molar-refractivity contribution < 1.29 is 0 Å². The second kappa shape index (κ2) is 5.61. The minimum absolute atomic E-state index is 0.308. The molecule has 1 aliphatic heterocycles. The number of benzene rings is 1. The van der Waals surface area contributed by atoms with E-state index in [-0.39, 0.29) is 0 Å². The monoisotopic (exact) mass is 265 g/mol. The highest BCUT2D eigenvalue weighted by Gasteiger charge is 2.20. The van der Waals surface area contributed by atoms with Crippen LogP contribution in [-0.2, 0) is 0 Å². The van der Waals surface area contributed by atoms with E-state index in [0.717, 1.165) is 37.0 Å². The minimum Gasteiger partial charge on any atom is -0.368 e. The number of halogens is 1. The van der Waals surface area contributed by atoms with E-state index in [0.29, 0.717) is 5.92 Å². The Kier molecular flexibility index (Phi) is 4.12. The maximum atomic E-state index is 8.03. The predicted octanol–water partition coefficient (Wildman–Crippen LogP) is 3.10. The number of hydrogen-bond acceptors (Lipinski definition) is 2. The van der Waals surface area contributed by atoms with Crippen molar-refractivity contribution in [3.63, 3.8) is 0 Å². The molecule has 2 rings (SSSR count). The third-order valence-electron chi connectivity index (χ3n) is 3.34. The van der Waals surface area contributed by atoms with Crippen molar-refractivity contribution in [1.82, 2.24) is 4.90 Å². The van der Waals surface area contributed by atoms with Gasteiger partial charge < -0.3 is 9.80 Å². The molecule has 1 N–H and O–H groups in total. The van der Waals surface area contributed by atoms with Crippen LogP contribution in [0.15, 0.2) is 24.3 Å². The largest absolute Gasteiger partial charge is 0.368 e. The van der Waals surface area contributed by atoms with Crippen molar-refractivity contribution in [1.29, 1.82) is 5.41 Å².